The van der Waals surface area contributed by atoms with E-state index in [0.29, 0.717) is 54.8 Å². The number of hydrogen-bond donors (Lipinski definition) is 1. The van der Waals surface area contributed by atoms with Gasteiger partial charge in [0.1, 0.15) is 11.2 Å². The minimum atomic E-state index is -0.0744. The number of rotatable bonds is 9. The Balaban J connectivity index is 1.39. The zero-order valence-electron chi connectivity index (χ0n) is 25.6. The molecule has 1 saturated carbocycles. The van der Waals surface area contributed by atoms with Gasteiger partial charge in [-0.1, -0.05) is 50.1 Å². The van der Waals surface area contributed by atoms with Gasteiger partial charge in [0.25, 0.3) is 0 Å². The number of aromatic nitrogens is 3. The van der Waals surface area contributed by atoms with Gasteiger partial charge in [0.15, 0.2) is 17.1 Å². The Hall–Kier alpha value is -4.50. The molecule has 2 aliphatic rings. The standard InChI is InChI=1S/C35H39N5O4/c1-4-6-10-24(28-13-9-14-29-31(42)21-32(44-33(28)29)39-15-17-43-18-16-39)19-26(5-2)37-35-36-22-25-20-30(23(3)41)40(34(25)38-35)27-11-7-8-12-27/h5-6,9-10,13-14,19-22,27H,4,7-8,11-12,15-18H2,1-3H3,(H,36,37,38)/b10-6+,24-19+,26-5+. The van der Waals surface area contributed by atoms with Crippen molar-refractivity contribution in [2.24, 2.45) is 0 Å². The lowest BCUT2D eigenvalue weighted by Crippen LogP contribution is -2.36. The number of carbonyl (C=O) groups excluding carboxylic acids is 1. The van der Waals surface area contributed by atoms with Crippen molar-refractivity contribution < 1.29 is 13.9 Å². The number of hydrogen-bond acceptors (Lipinski definition) is 8. The second kappa shape index (κ2) is 13.0. The van der Waals surface area contributed by atoms with Crippen LogP contribution in [0.5, 0.6) is 0 Å². The molecule has 1 N–H and O–H groups in total. The van der Waals surface area contributed by atoms with Crippen LogP contribution in [-0.4, -0.2) is 46.6 Å². The summed E-state index contributed by atoms with van der Waals surface area (Å²) in [5.41, 5.74) is 4.42. The minimum absolute atomic E-state index is 0.0346. The van der Waals surface area contributed by atoms with E-state index in [1.807, 2.05) is 43.3 Å². The topological polar surface area (TPSA) is 102 Å². The quantitative estimate of drug-likeness (QED) is 0.163. The summed E-state index contributed by atoms with van der Waals surface area (Å²) in [4.78, 5) is 37.3. The fourth-order valence-corrected chi connectivity index (χ4v) is 6.15. The molecule has 0 spiro atoms. The third kappa shape index (κ3) is 5.97. The van der Waals surface area contributed by atoms with Crippen molar-refractivity contribution in [3.63, 3.8) is 0 Å². The molecule has 44 heavy (non-hydrogen) atoms. The number of benzene rings is 1. The molecule has 4 aromatic rings. The molecule has 0 bridgehead atoms. The Bertz CT molecular complexity index is 1840. The normalized spacial score (nSPS) is 16.9. The second-order valence-electron chi connectivity index (χ2n) is 11.4. The first-order valence-electron chi connectivity index (χ1n) is 15.6. The van der Waals surface area contributed by atoms with Gasteiger partial charge in [-0.2, -0.15) is 4.98 Å². The zero-order valence-corrected chi connectivity index (χ0v) is 25.6. The lowest BCUT2D eigenvalue weighted by Gasteiger charge is -2.27. The number of fused-ring (bicyclic) bond motifs is 2. The van der Waals surface area contributed by atoms with Crippen molar-refractivity contribution in [2.45, 2.75) is 58.9 Å². The van der Waals surface area contributed by atoms with Crippen molar-refractivity contribution in [2.75, 3.05) is 36.5 Å². The van der Waals surface area contributed by atoms with Gasteiger partial charge in [0.2, 0.25) is 5.95 Å². The van der Waals surface area contributed by atoms with E-state index >= 15 is 0 Å². The molecule has 3 aromatic heterocycles. The average Bonchev–Trinajstić information content (AvgIpc) is 3.71. The first-order valence-corrected chi connectivity index (χ1v) is 15.6. The van der Waals surface area contributed by atoms with E-state index in [2.05, 4.69) is 38.8 Å². The summed E-state index contributed by atoms with van der Waals surface area (Å²) >= 11 is 0. The lowest BCUT2D eigenvalue weighted by atomic mass is 10.0. The van der Waals surface area contributed by atoms with Gasteiger partial charge in [-0.15, -0.1) is 0 Å². The molecule has 0 unspecified atom stereocenters. The van der Waals surface area contributed by atoms with Crippen LogP contribution in [0.3, 0.4) is 0 Å². The molecule has 9 heteroatoms. The van der Waals surface area contributed by atoms with Crippen LogP contribution in [0.15, 0.2) is 75.7 Å². The van der Waals surface area contributed by atoms with E-state index in [1.165, 1.54) is 0 Å². The minimum Gasteiger partial charge on any atom is -0.440 e. The van der Waals surface area contributed by atoms with Crippen molar-refractivity contribution >= 4 is 45.2 Å². The summed E-state index contributed by atoms with van der Waals surface area (Å²) in [5.74, 6) is 1.04. The largest absolute Gasteiger partial charge is 0.440 e. The van der Waals surface area contributed by atoms with Gasteiger partial charge in [-0.3, -0.25) is 9.59 Å². The molecule has 0 amide bonds. The molecule has 2 fully saturated rings. The fraction of sp³-hybridized carbons (Fsp3) is 0.371. The highest BCUT2D eigenvalue weighted by atomic mass is 16.5. The Morgan fingerprint density at radius 3 is 2.68 bits per heavy atom. The molecular formula is C35H39N5O4. The first kappa shape index (κ1) is 29.6. The molecule has 1 aromatic carbocycles. The number of allylic oxidation sites excluding steroid dienone is 5. The second-order valence-corrected chi connectivity index (χ2v) is 11.4. The SMILES string of the molecule is C\C=C(/C=C(\C=C\CC)c1cccc2c(=O)cc(N3CCOCC3)oc12)Nc1ncc2cc(C(C)=O)n(C3CCCC3)c2n1. The van der Waals surface area contributed by atoms with Crippen molar-refractivity contribution in [3.05, 3.63) is 88.0 Å². The molecular weight excluding hydrogens is 554 g/mol. The number of Topliss-reactive ketones (excluding diaryl/α,β-unsaturated/α-hetero) is 1. The summed E-state index contributed by atoms with van der Waals surface area (Å²) in [7, 11) is 0. The third-order valence-electron chi connectivity index (χ3n) is 8.41. The Morgan fingerprint density at radius 2 is 1.95 bits per heavy atom. The van der Waals surface area contributed by atoms with Gasteiger partial charge < -0.3 is 23.9 Å². The summed E-state index contributed by atoms with van der Waals surface area (Å²) in [6.45, 7) is 8.18. The lowest BCUT2D eigenvalue weighted by molar-refractivity contribution is 0.100. The maximum atomic E-state index is 13.2. The monoisotopic (exact) mass is 593 g/mol. The molecule has 1 saturated heterocycles. The Labute approximate surface area is 256 Å². The van der Waals surface area contributed by atoms with Crippen LogP contribution in [0.1, 0.15) is 75.0 Å². The highest BCUT2D eigenvalue weighted by molar-refractivity contribution is 5.98. The van der Waals surface area contributed by atoms with Crippen molar-refractivity contribution in [3.8, 4) is 0 Å². The first-order chi connectivity index (χ1) is 21.5. The summed E-state index contributed by atoms with van der Waals surface area (Å²) in [6, 6.07) is 9.43. The van der Waals surface area contributed by atoms with Crippen LogP contribution in [0.25, 0.3) is 27.6 Å². The smallest absolute Gasteiger partial charge is 0.229 e. The molecule has 228 valence electrons. The predicted octanol–water partition coefficient (Wildman–Crippen LogP) is 7.06. The molecule has 4 heterocycles. The highest BCUT2D eigenvalue weighted by Crippen LogP contribution is 2.35. The Kier molecular flexibility index (Phi) is 8.74. The summed E-state index contributed by atoms with van der Waals surface area (Å²) in [6.07, 6.45) is 15.1. The summed E-state index contributed by atoms with van der Waals surface area (Å²) in [5, 5.41) is 4.79. The van der Waals surface area contributed by atoms with E-state index in [-0.39, 0.29) is 17.3 Å². The fourth-order valence-electron chi connectivity index (χ4n) is 6.15. The predicted molar refractivity (Wildman–Crippen MR) is 175 cm³/mol. The number of carbonyl (C=O) groups is 1. The maximum absolute atomic E-state index is 13.2. The molecule has 9 nitrogen and oxygen atoms in total. The molecule has 0 radical (unpaired) electrons. The van der Waals surface area contributed by atoms with Crippen LogP contribution in [0.4, 0.5) is 11.8 Å². The number of ether oxygens (including phenoxy) is 1. The number of morpholine rings is 1. The van der Waals surface area contributed by atoms with Crippen LogP contribution < -0.4 is 15.6 Å². The van der Waals surface area contributed by atoms with Gasteiger partial charge in [-0.25, -0.2) is 4.98 Å². The van der Waals surface area contributed by atoms with Crippen LogP contribution in [-0.2, 0) is 4.74 Å². The van der Waals surface area contributed by atoms with Gasteiger partial charge in [0.05, 0.1) is 24.3 Å². The molecule has 1 aliphatic carbocycles. The van der Waals surface area contributed by atoms with Crippen LogP contribution in [0.2, 0.25) is 0 Å². The Morgan fingerprint density at radius 1 is 1.16 bits per heavy atom. The van der Waals surface area contributed by atoms with E-state index in [4.69, 9.17) is 14.1 Å². The van der Waals surface area contributed by atoms with Gasteiger partial charge >= 0.3 is 0 Å². The van der Waals surface area contributed by atoms with Crippen molar-refractivity contribution in [1.29, 1.82) is 0 Å². The van der Waals surface area contributed by atoms with E-state index in [1.54, 1.807) is 19.2 Å². The number of para-hydroxylation sites is 1. The van der Waals surface area contributed by atoms with E-state index in [9.17, 15) is 9.59 Å². The number of ketones is 1. The highest BCUT2D eigenvalue weighted by Gasteiger charge is 2.24. The van der Waals surface area contributed by atoms with Gasteiger partial charge in [0, 0.05) is 55.0 Å². The average molecular weight is 594 g/mol. The van der Waals surface area contributed by atoms with Crippen LogP contribution in [0, 0.1) is 0 Å². The maximum Gasteiger partial charge on any atom is 0.229 e. The van der Waals surface area contributed by atoms with Gasteiger partial charge in [-0.05, 0) is 50.0 Å². The third-order valence-corrected chi connectivity index (χ3v) is 8.41. The molecule has 0 atom stereocenters. The zero-order chi connectivity index (χ0) is 30.6. The van der Waals surface area contributed by atoms with Crippen molar-refractivity contribution in [1.82, 2.24) is 14.5 Å². The van der Waals surface area contributed by atoms with E-state index in [0.717, 1.165) is 60.0 Å². The molecule has 6 rings (SSSR count). The van der Waals surface area contributed by atoms with E-state index < -0.39 is 0 Å². The number of nitrogens with one attached hydrogen (secondary N) is 1. The molecule has 1 aliphatic heterocycles. The van der Waals surface area contributed by atoms with Crippen LogP contribution >= 0.6 is 0 Å². The summed E-state index contributed by atoms with van der Waals surface area (Å²) < 4.78 is 14.1. The number of anilines is 2. The number of nitrogens with zero attached hydrogens (tertiary/aromatic N) is 4.